The van der Waals surface area contributed by atoms with Crippen LogP contribution in [0.2, 0.25) is 0 Å². The van der Waals surface area contributed by atoms with Crippen LogP contribution in [0.3, 0.4) is 0 Å². The van der Waals surface area contributed by atoms with Gasteiger partial charge in [0.05, 0.1) is 18.1 Å². The molecule has 25 heavy (non-hydrogen) atoms. The van der Waals surface area contributed by atoms with Crippen molar-refractivity contribution in [1.29, 1.82) is 0 Å². The van der Waals surface area contributed by atoms with Crippen LogP contribution in [0.15, 0.2) is 52.2 Å². The van der Waals surface area contributed by atoms with Crippen molar-refractivity contribution in [2.24, 2.45) is 7.05 Å². The highest BCUT2D eigenvalue weighted by Crippen LogP contribution is 2.25. The molecule has 0 radical (unpaired) electrons. The molecule has 0 fully saturated rings. The molecule has 1 N–H and O–H groups in total. The minimum absolute atomic E-state index is 0.118. The van der Waals surface area contributed by atoms with Crippen molar-refractivity contribution in [3.8, 4) is 11.4 Å². The Morgan fingerprint density at radius 3 is 2.76 bits per heavy atom. The molecule has 2 heterocycles. The number of amides is 1. The summed E-state index contributed by atoms with van der Waals surface area (Å²) in [5, 5.41) is 11.3. The Morgan fingerprint density at radius 2 is 2.08 bits per heavy atom. The Kier molecular flexibility index (Phi) is 5.18. The summed E-state index contributed by atoms with van der Waals surface area (Å²) in [7, 11) is 1.81. The van der Waals surface area contributed by atoms with Gasteiger partial charge in [-0.3, -0.25) is 4.79 Å². The molecule has 0 spiro atoms. The van der Waals surface area contributed by atoms with Crippen molar-refractivity contribution in [1.82, 2.24) is 20.1 Å². The molecule has 0 aliphatic rings. The molecular formula is C17H17FN4O2S. The molecule has 130 valence electrons. The van der Waals surface area contributed by atoms with Crippen LogP contribution in [-0.4, -0.2) is 25.9 Å². The lowest BCUT2D eigenvalue weighted by molar-refractivity contribution is -0.120. The first-order chi connectivity index (χ1) is 12.0. The van der Waals surface area contributed by atoms with Crippen molar-refractivity contribution in [2.45, 2.75) is 23.9 Å². The van der Waals surface area contributed by atoms with Crippen LogP contribution in [0.25, 0.3) is 11.4 Å². The lowest BCUT2D eigenvalue weighted by Gasteiger charge is -2.11. The van der Waals surface area contributed by atoms with Crippen molar-refractivity contribution in [2.75, 3.05) is 0 Å². The number of nitrogens with zero attached hydrogens (tertiary/aromatic N) is 3. The first-order valence-electron chi connectivity index (χ1n) is 7.66. The van der Waals surface area contributed by atoms with Gasteiger partial charge in [-0.2, -0.15) is 0 Å². The van der Waals surface area contributed by atoms with Gasteiger partial charge in [-0.15, -0.1) is 10.2 Å². The predicted octanol–water partition coefficient (Wildman–Crippen LogP) is 3.01. The smallest absolute Gasteiger partial charge is 0.233 e. The number of carbonyl (C=O) groups is 1. The zero-order chi connectivity index (χ0) is 17.8. The fraction of sp³-hybridized carbons (Fsp3) is 0.235. The molecule has 1 atom stereocenters. The molecule has 1 unspecified atom stereocenters. The number of carbonyl (C=O) groups excluding carboxylic acids is 1. The maximum Gasteiger partial charge on any atom is 0.233 e. The van der Waals surface area contributed by atoms with E-state index in [1.165, 1.54) is 23.9 Å². The van der Waals surface area contributed by atoms with Crippen molar-refractivity contribution < 1.29 is 13.6 Å². The Morgan fingerprint density at radius 1 is 1.32 bits per heavy atom. The summed E-state index contributed by atoms with van der Waals surface area (Å²) in [6, 6.07) is 9.62. The van der Waals surface area contributed by atoms with Gasteiger partial charge in [0.25, 0.3) is 0 Å². The molecular weight excluding hydrogens is 343 g/mol. The van der Waals surface area contributed by atoms with Crippen LogP contribution >= 0.6 is 11.8 Å². The van der Waals surface area contributed by atoms with Crippen molar-refractivity contribution in [3.63, 3.8) is 0 Å². The van der Waals surface area contributed by atoms with Crippen LogP contribution < -0.4 is 5.32 Å². The molecule has 6 nitrogen and oxygen atoms in total. The molecule has 1 aromatic carbocycles. The SMILES string of the molecule is CC(Sc1nnc(-c2ccc(F)cc2)n1C)C(=O)NCc1ccco1. The number of halogens is 1. The third-order valence-corrected chi connectivity index (χ3v) is 4.74. The Balaban J connectivity index is 1.64. The molecule has 0 saturated carbocycles. The number of hydrogen-bond donors (Lipinski definition) is 1. The lowest BCUT2D eigenvalue weighted by atomic mass is 10.2. The molecule has 2 aromatic heterocycles. The normalized spacial score (nSPS) is 12.1. The molecule has 0 aliphatic carbocycles. The maximum absolute atomic E-state index is 13.0. The van der Waals surface area contributed by atoms with Crippen LogP contribution in [0.1, 0.15) is 12.7 Å². The first-order valence-corrected chi connectivity index (χ1v) is 8.54. The van der Waals surface area contributed by atoms with E-state index in [2.05, 4.69) is 15.5 Å². The largest absolute Gasteiger partial charge is 0.467 e. The Bertz CT molecular complexity index is 846. The molecule has 0 saturated heterocycles. The topological polar surface area (TPSA) is 73.0 Å². The summed E-state index contributed by atoms with van der Waals surface area (Å²) < 4.78 is 20.0. The van der Waals surface area contributed by atoms with Gasteiger partial charge in [0, 0.05) is 12.6 Å². The minimum Gasteiger partial charge on any atom is -0.467 e. The predicted molar refractivity (Wildman–Crippen MR) is 92.3 cm³/mol. The van der Waals surface area contributed by atoms with Gasteiger partial charge in [0.2, 0.25) is 5.91 Å². The van der Waals surface area contributed by atoms with Gasteiger partial charge < -0.3 is 14.3 Å². The Hall–Kier alpha value is -2.61. The number of thioether (sulfide) groups is 1. The van der Waals surface area contributed by atoms with Crippen LogP contribution in [0, 0.1) is 5.82 Å². The average molecular weight is 360 g/mol. The summed E-state index contributed by atoms with van der Waals surface area (Å²) >= 11 is 1.31. The van der Waals surface area contributed by atoms with Gasteiger partial charge in [-0.25, -0.2) is 4.39 Å². The third-order valence-electron chi connectivity index (χ3n) is 3.61. The molecule has 1 amide bonds. The van der Waals surface area contributed by atoms with Gasteiger partial charge in [-0.1, -0.05) is 11.8 Å². The highest BCUT2D eigenvalue weighted by Gasteiger charge is 2.19. The summed E-state index contributed by atoms with van der Waals surface area (Å²) in [6.45, 7) is 2.14. The van der Waals surface area contributed by atoms with E-state index >= 15 is 0 Å². The van der Waals surface area contributed by atoms with E-state index in [1.807, 2.05) is 7.05 Å². The van der Waals surface area contributed by atoms with Crippen LogP contribution in [0.5, 0.6) is 0 Å². The summed E-state index contributed by atoms with van der Waals surface area (Å²) in [5.41, 5.74) is 0.762. The van der Waals surface area contributed by atoms with Gasteiger partial charge in [0.15, 0.2) is 11.0 Å². The fourth-order valence-corrected chi connectivity index (χ4v) is 3.05. The first kappa shape index (κ1) is 17.2. The van der Waals surface area contributed by atoms with Gasteiger partial charge >= 0.3 is 0 Å². The zero-order valence-corrected chi connectivity index (χ0v) is 14.6. The van der Waals surface area contributed by atoms with E-state index < -0.39 is 0 Å². The van der Waals surface area contributed by atoms with E-state index in [9.17, 15) is 9.18 Å². The fourth-order valence-electron chi connectivity index (χ4n) is 2.21. The van der Waals surface area contributed by atoms with E-state index in [-0.39, 0.29) is 17.0 Å². The third kappa shape index (κ3) is 4.08. The van der Waals surface area contributed by atoms with Crippen LogP contribution in [-0.2, 0) is 18.4 Å². The molecule has 3 aromatic rings. The highest BCUT2D eigenvalue weighted by atomic mass is 32.2. The second-order valence-electron chi connectivity index (χ2n) is 5.43. The second-order valence-corrected chi connectivity index (χ2v) is 6.74. The number of benzene rings is 1. The van der Waals surface area contributed by atoms with E-state index in [0.29, 0.717) is 23.3 Å². The second kappa shape index (κ2) is 7.52. The average Bonchev–Trinajstić information content (AvgIpc) is 3.24. The maximum atomic E-state index is 13.0. The quantitative estimate of drug-likeness (QED) is 0.684. The number of rotatable bonds is 6. The number of furan rings is 1. The lowest BCUT2D eigenvalue weighted by Crippen LogP contribution is -2.30. The van der Waals surface area contributed by atoms with E-state index in [1.54, 1.807) is 42.0 Å². The molecule has 0 aliphatic heterocycles. The number of aromatic nitrogens is 3. The molecule has 8 heteroatoms. The van der Waals surface area contributed by atoms with Crippen LogP contribution in [0.4, 0.5) is 4.39 Å². The van der Waals surface area contributed by atoms with E-state index in [4.69, 9.17) is 4.42 Å². The minimum atomic E-state index is -0.348. The highest BCUT2D eigenvalue weighted by molar-refractivity contribution is 8.00. The van der Waals surface area contributed by atoms with Crippen molar-refractivity contribution in [3.05, 3.63) is 54.2 Å². The number of nitrogens with one attached hydrogen (secondary N) is 1. The van der Waals surface area contributed by atoms with Gasteiger partial charge in [-0.05, 0) is 43.3 Å². The Labute approximate surface area is 148 Å². The summed E-state index contributed by atoms with van der Waals surface area (Å²) in [6.07, 6.45) is 1.57. The van der Waals surface area contributed by atoms with Crippen molar-refractivity contribution >= 4 is 17.7 Å². The van der Waals surface area contributed by atoms with Gasteiger partial charge in [0.1, 0.15) is 11.6 Å². The molecule has 0 bridgehead atoms. The standard InChI is InChI=1S/C17H17FN4O2S/c1-11(16(23)19-10-14-4-3-9-24-14)25-17-21-20-15(22(17)2)12-5-7-13(18)8-6-12/h3-9,11H,10H2,1-2H3,(H,19,23). The zero-order valence-electron chi connectivity index (χ0n) is 13.8. The molecule has 3 rings (SSSR count). The summed E-state index contributed by atoms with van der Waals surface area (Å²) in [4.78, 5) is 12.2. The monoisotopic (exact) mass is 360 g/mol. The number of hydrogen-bond acceptors (Lipinski definition) is 5. The summed E-state index contributed by atoms with van der Waals surface area (Å²) in [5.74, 6) is 0.892. The van der Waals surface area contributed by atoms with E-state index in [0.717, 1.165) is 5.56 Å².